The Morgan fingerprint density at radius 3 is 2.75 bits per heavy atom. The van der Waals surface area contributed by atoms with Crippen LogP contribution < -0.4 is 5.73 Å². The Kier molecular flexibility index (Phi) is 3.47. The first-order valence-electron chi connectivity index (χ1n) is 6.31. The predicted molar refractivity (Wildman–Crippen MR) is 78.3 cm³/mol. The molecule has 0 bridgehead atoms. The second kappa shape index (κ2) is 5.27. The van der Waals surface area contributed by atoms with Crippen LogP contribution in [-0.2, 0) is 6.42 Å². The lowest BCUT2D eigenvalue weighted by molar-refractivity contribution is 0.493. The van der Waals surface area contributed by atoms with E-state index in [1.807, 2.05) is 24.3 Å². The fraction of sp³-hybridized carbons (Fsp3) is 0.125. The molecule has 20 heavy (non-hydrogen) atoms. The van der Waals surface area contributed by atoms with E-state index in [1.165, 1.54) is 12.1 Å². The molecule has 2 aromatic carbocycles. The molecule has 0 amide bonds. The number of hydrogen-bond donors (Lipinski definition) is 1. The molecule has 3 aromatic rings. The van der Waals surface area contributed by atoms with Crippen LogP contribution in [0.25, 0.3) is 11.0 Å². The summed E-state index contributed by atoms with van der Waals surface area (Å²) in [7, 11) is 0. The zero-order valence-electron chi connectivity index (χ0n) is 10.6. The molecule has 3 rings (SSSR count). The Morgan fingerprint density at radius 2 is 1.95 bits per heavy atom. The van der Waals surface area contributed by atoms with Gasteiger partial charge < -0.3 is 10.2 Å². The minimum Gasteiger partial charge on any atom is -0.459 e. The Bertz CT molecular complexity index is 753. The maximum absolute atomic E-state index is 13.2. The molecule has 1 heterocycles. The molecule has 0 saturated carbocycles. The average molecular weight is 290 g/mol. The molecule has 1 unspecified atom stereocenters. The number of rotatable bonds is 3. The first-order valence-corrected chi connectivity index (χ1v) is 6.69. The second-order valence-corrected chi connectivity index (χ2v) is 5.14. The van der Waals surface area contributed by atoms with E-state index in [0.717, 1.165) is 10.9 Å². The van der Waals surface area contributed by atoms with Crippen LogP contribution in [0.15, 0.2) is 52.9 Å². The van der Waals surface area contributed by atoms with Gasteiger partial charge in [0.05, 0.1) is 6.04 Å². The average Bonchev–Trinajstić information content (AvgIpc) is 2.84. The summed E-state index contributed by atoms with van der Waals surface area (Å²) in [4.78, 5) is 0. The van der Waals surface area contributed by atoms with Crippen molar-refractivity contribution in [1.82, 2.24) is 0 Å². The van der Waals surface area contributed by atoms with Crippen LogP contribution in [0.5, 0.6) is 0 Å². The second-order valence-electron chi connectivity index (χ2n) is 4.73. The molecule has 1 aromatic heterocycles. The van der Waals surface area contributed by atoms with Gasteiger partial charge in [0.25, 0.3) is 0 Å². The quantitative estimate of drug-likeness (QED) is 0.773. The summed E-state index contributed by atoms with van der Waals surface area (Å²) in [5.74, 6) is 0.343. The monoisotopic (exact) mass is 289 g/mol. The smallest absolute Gasteiger partial charge is 0.134 e. The van der Waals surface area contributed by atoms with Crippen molar-refractivity contribution in [1.29, 1.82) is 0 Å². The van der Waals surface area contributed by atoms with Crippen molar-refractivity contribution in [3.8, 4) is 0 Å². The number of nitrogens with two attached hydrogens (primary N) is 1. The van der Waals surface area contributed by atoms with Gasteiger partial charge in [-0.25, -0.2) is 4.39 Å². The molecule has 0 spiro atoms. The highest BCUT2D eigenvalue weighted by atomic mass is 35.5. The SMILES string of the molecule is NC(Cc1ccccc1Cl)c1cc2cc(F)ccc2o1. The molecular weight excluding hydrogens is 277 g/mol. The van der Waals surface area contributed by atoms with Gasteiger partial charge in [0.1, 0.15) is 17.2 Å². The van der Waals surface area contributed by atoms with E-state index in [2.05, 4.69) is 0 Å². The minimum atomic E-state index is -0.314. The third-order valence-corrected chi connectivity index (χ3v) is 3.63. The van der Waals surface area contributed by atoms with Gasteiger partial charge in [0.15, 0.2) is 0 Å². The summed E-state index contributed by atoms with van der Waals surface area (Å²) < 4.78 is 18.8. The number of halogens is 2. The highest BCUT2D eigenvalue weighted by Crippen LogP contribution is 2.27. The van der Waals surface area contributed by atoms with Crippen LogP contribution in [0.3, 0.4) is 0 Å². The maximum atomic E-state index is 13.2. The normalized spacial score (nSPS) is 12.8. The lowest BCUT2D eigenvalue weighted by Crippen LogP contribution is -2.12. The van der Waals surface area contributed by atoms with Crippen molar-refractivity contribution in [2.24, 2.45) is 5.73 Å². The Labute approximate surface area is 121 Å². The highest BCUT2D eigenvalue weighted by molar-refractivity contribution is 6.31. The number of benzene rings is 2. The molecule has 0 aliphatic carbocycles. The topological polar surface area (TPSA) is 39.2 Å². The van der Waals surface area contributed by atoms with Crippen LogP contribution >= 0.6 is 11.6 Å². The van der Waals surface area contributed by atoms with Crippen LogP contribution in [0.2, 0.25) is 5.02 Å². The first kappa shape index (κ1) is 13.2. The predicted octanol–water partition coefficient (Wildman–Crippen LogP) is 4.47. The molecule has 0 saturated heterocycles. The molecule has 2 N–H and O–H groups in total. The van der Waals surface area contributed by atoms with Crippen molar-refractivity contribution in [3.63, 3.8) is 0 Å². The molecule has 0 aliphatic rings. The van der Waals surface area contributed by atoms with Gasteiger partial charge in [-0.3, -0.25) is 0 Å². The number of furan rings is 1. The Hall–Kier alpha value is -1.84. The summed E-state index contributed by atoms with van der Waals surface area (Å²) in [5.41, 5.74) is 7.75. The van der Waals surface area contributed by atoms with Gasteiger partial charge in [-0.2, -0.15) is 0 Å². The molecular formula is C16H13ClFNO. The first-order chi connectivity index (χ1) is 9.63. The molecule has 0 radical (unpaired) electrons. The summed E-state index contributed by atoms with van der Waals surface area (Å²) in [5, 5.41) is 1.40. The highest BCUT2D eigenvalue weighted by Gasteiger charge is 2.14. The van der Waals surface area contributed by atoms with Gasteiger partial charge in [0, 0.05) is 10.4 Å². The van der Waals surface area contributed by atoms with Crippen LogP contribution in [0.1, 0.15) is 17.4 Å². The van der Waals surface area contributed by atoms with Gasteiger partial charge in [-0.1, -0.05) is 29.8 Å². The minimum absolute atomic E-state index is 0.287. The van der Waals surface area contributed by atoms with E-state index in [9.17, 15) is 4.39 Å². The van der Waals surface area contributed by atoms with Gasteiger partial charge in [-0.05, 0) is 42.3 Å². The van der Waals surface area contributed by atoms with Gasteiger partial charge in [0.2, 0.25) is 0 Å². The van der Waals surface area contributed by atoms with E-state index in [1.54, 1.807) is 12.1 Å². The third-order valence-electron chi connectivity index (χ3n) is 3.26. The van der Waals surface area contributed by atoms with E-state index in [0.29, 0.717) is 22.8 Å². The standard InChI is InChI=1S/C16H13ClFNO/c17-13-4-2-1-3-10(13)8-14(19)16-9-11-7-12(18)5-6-15(11)20-16/h1-7,9,14H,8,19H2. The maximum Gasteiger partial charge on any atom is 0.134 e. The van der Waals surface area contributed by atoms with Gasteiger partial charge >= 0.3 is 0 Å². The molecule has 102 valence electrons. The molecule has 0 aliphatic heterocycles. The van der Waals surface area contributed by atoms with E-state index in [4.69, 9.17) is 21.8 Å². The van der Waals surface area contributed by atoms with E-state index in [-0.39, 0.29) is 11.9 Å². The lowest BCUT2D eigenvalue weighted by atomic mass is 10.0. The summed E-state index contributed by atoms with van der Waals surface area (Å²) in [6.07, 6.45) is 0.571. The lowest BCUT2D eigenvalue weighted by Gasteiger charge is -2.09. The van der Waals surface area contributed by atoms with Crippen molar-refractivity contribution < 1.29 is 8.81 Å². The zero-order valence-corrected chi connectivity index (χ0v) is 11.4. The van der Waals surface area contributed by atoms with E-state index < -0.39 is 0 Å². The molecule has 2 nitrogen and oxygen atoms in total. The summed E-state index contributed by atoms with van der Waals surface area (Å²) >= 11 is 6.12. The molecule has 4 heteroatoms. The van der Waals surface area contributed by atoms with Crippen LogP contribution in [0.4, 0.5) is 4.39 Å². The largest absolute Gasteiger partial charge is 0.459 e. The van der Waals surface area contributed by atoms with Crippen LogP contribution in [0, 0.1) is 5.82 Å². The van der Waals surface area contributed by atoms with Crippen molar-refractivity contribution in [3.05, 3.63) is 70.7 Å². The van der Waals surface area contributed by atoms with Crippen molar-refractivity contribution in [2.75, 3.05) is 0 Å². The summed E-state index contributed by atoms with van der Waals surface area (Å²) in [6, 6.07) is 13.4. The fourth-order valence-corrected chi connectivity index (χ4v) is 2.43. The van der Waals surface area contributed by atoms with Crippen LogP contribution in [-0.4, -0.2) is 0 Å². The van der Waals surface area contributed by atoms with E-state index >= 15 is 0 Å². The molecule has 1 atom stereocenters. The number of hydrogen-bond acceptors (Lipinski definition) is 2. The number of fused-ring (bicyclic) bond motifs is 1. The Balaban J connectivity index is 1.89. The zero-order chi connectivity index (χ0) is 14.1. The third kappa shape index (κ3) is 2.55. The molecule has 0 fully saturated rings. The van der Waals surface area contributed by atoms with Gasteiger partial charge in [-0.15, -0.1) is 0 Å². The fourth-order valence-electron chi connectivity index (χ4n) is 2.22. The summed E-state index contributed by atoms with van der Waals surface area (Å²) in [6.45, 7) is 0. The van der Waals surface area contributed by atoms with Crippen molar-refractivity contribution in [2.45, 2.75) is 12.5 Å². The Morgan fingerprint density at radius 1 is 1.15 bits per heavy atom. The van der Waals surface area contributed by atoms with Crippen molar-refractivity contribution >= 4 is 22.6 Å².